The van der Waals surface area contributed by atoms with Crippen LogP contribution in [0.2, 0.25) is 5.02 Å². The fourth-order valence-electron chi connectivity index (χ4n) is 1.44. The maximum Gasteiger partial charge on any atom is 0.337 e. The SMILES string of the molecule is O=C(NCc1cscn1)Nc1ccc(C(=O)O)c(Cl)c1. The molecule has 0 aliphatic heterocycles. The zero-order chi connectivity index (χ0) is 14.5. The number of benzene rings is 1. The van der Waals surface area contributed by atoms with E-state index in [0.717, 1.165) is 5.69 Å². The first-order valence-electron chi connectivity index (χ1n) is 5.51. The summed E-state index contributed by atoms with van der Waals surface area (Å²) >= 11 is 7.25. The predicted octanol–water partition coefficient (Wildman–Crippen LogP) is 2.82. The number of halogens is 1. The van der Waals surface area contributed by atoms with E-state index < -0.39 is 12.0 Å². The average molecular weight is 312 g/mol. The Bertz CT molecular complexity index is 631. The molecule has 0 unspecified atom stereocenters. The maximum atomic E-state index is 11.6. The highest BCUT2D eigenvalue weighted by atomic mass is 35.5. The van der Waals surface area contributed by atoms with Crippen molar-refractivity contribution in [2.75, 3.05) is 5.32 Å². The molecule has 0 bridgehead atoms. The van der Waals surface area contributed by atoms with E-state index in [9.17, 15) is 9.59 Å². The first kappa shape index (κ1) is 14.3. The van der Waals surface area contributed by atoms with Crippen LogP contribution in [0.1, 0.15) is 16.1 Å². The highest BCUT2D eigenvalue weighted by molar-refractivity contribution is 7.07. The van der Waals surface area contributed by atoms with Crippen LogP contribution in [0.5, 0.6) is 0 Å². The molecule has 0 spiro atoms. The molecule has 2 aromatic rings. The lowest BCUT2D eigenvalue weighted by Crippen LogP contribution is -2.28. The molecule has 2 rings (SSSR count). The Labute approximate surface area is 123 Å². The van der Waals surface area contributed by atoms with Crippen molar-refractivity contribution in [2.45, 2.75) is 6.54 Å². The Morgan fingerprint density at radius 3 is 2.80 bits per heavy atom. The Morgan fingerprint density at radius 1 is 1.40 bits per heavy atom. The van der Waals surface area contributed by atoms with Crippen LogP contribution >= 0.6 is 22.9 Å². The molecule has 20 heavy (non-hydrogen) atoms. The largest absolute Gasteiger partial charge is 0.478 e. The van der Waals surface area contributed by atoms with Crippen LogP contribution < -0.4 is 10.6 Å². The van der Waals surface area contributed by atoms with Gasteiger partial charge in [-0.3, -0.25) is 0 Å². The summed E-state index contributed by atoms with van der Waals surface area (Å²) in [5.41, 5.74) is 2.85. The molecular weight excluding hydrogens is 302 g/mol. The van der Waals surface area contributed by atoms with Gasteiger partial charge in [-0.05, 0) is 18.2 Å². The molecular formula is C12H10ClN3O3S. The number of carbonyl (C=O) groups excluding carboxylic acids is 1. The quantitative estimate of drug-likeness (QED) is 0.809. The van der Waals surface area contributed by atoms with Crippen LogP contribution in [0.25, 0.3) is 0 Å². The molecule has 8 heteroatoms. The minimum Gasteiger partial charge on any atom is -0.478 e. The van der Waals surface area contributed by atoms with Crippen LogP contribution in [0.3, 0.4) is 0 Å². The van der Waals surface area contributed by atoms with Gasteiger partial charge in [0, 0.05) is 11.1 Å². The minimum atomic E-state index is -1.12. The summed E-state index contributed by atoms with van der Waals surface area (Å²) in [5, 5.41) is 15.9. The minimum absolute atomic E-state index is 0.0138. The number of nitrogens with one attached hydrogen (secondary N) is 2. The van der Waals surface area contributed by atoms with Gasteiger partial charge in [-0.15, -0.1) is 11.3 Å². The first-order chi connectivity index (χ1) is 9.56. The third kappa shape index (κ3) is 3.69. The lowest BCUT2D eigenvalue weighted by Gasteiger charge is -2.07. The second-order valence-electron chi connectivity index (χ2n) is 3.79. The van der Waals surface area contributed by atoms with Crippen molar-refractivity contribution < 1.29 is 14.7 Å². The van der Waals surface area contributed by atoms with Crippen molar-refractivity contribution in [1.29, 1.82) is 0 Å². The standard InChI is InChI=1S/C12H10ClN3O3S/c13-10-3-7(1-2-9(10)11(17)18)16-12(19)14-4-8-5-20-6-15-8/h1-3,5-6H,4H2,(H,17,18)(H2,14,16,19). The molecule has 1 aromatic carbocycles. The average Bonchev–Trinajstić information content (AvgIpc) is 2.89. The predicted molar refractivity (Wildman–Crippen MR) is 76.4 cm³/mol. The van der Waals surface area contributed by atoms with Crippen LogP contribution in [0.4, 0.5) is 10.5 Å². The van der Waals surface area contributed by atoms with E-state index >= 15 is 0 Å². The molecule has 0 radical (unpaired) electrons. The lowest BCUT2D eigenvalue weighted by atomic mass is 10.2. The maximum absolute atomic E-state index is 11.6. The summed E-state index contributed by atoms with van der Waals surface area (Å²) in [4.78, 5) is 26.5. The van der Waals surface area contributed by atoms with Gasteiger partial charge in [0.15, 0.2) is 0 Å². The number of rotatable bonds is 4. The summed E-state index contributed by atoms with van der Waals surface area (Å²) in [6.45, 7) is 0.316. The molecule has 1 aromatic heterocycles. The summed E-state index contributed by atoms with van der Waals surface area (Å²) in [5.74, 6) is -1.12. The van der Waals surface area contributed by atoms with Gasteiger partial charge in [-0.1, -0.05) is 11.6 Å². The van der Waals surface area contributed by atoms with Crippen molar-refractivity contribution >= 4 is 40.6 Å². The number of carbonyl (C=O) groups is 2. The van der Waals surface area contributed by atoms with E-state index in [-0.39, 0.29) is 10.6 Å². The van der Waals surface area contributed by atoms with Crippen LogP contribution in [-0.4, -0.2) is 22.1 Å². The number of anilines is 1. The Kier molecular flexibility index (Phi) is 4.54. The van der Waals surface area contributed by atoms with E-state index in [1.165, 1.54) is 29.5 Å². The zero-order valence-electron chi connectivity index (χ0n) is 10.1. The lowest BCUT2D eigenvalue weighted by molar-refractivity contribution is 0.0697. The molecule has 2 amide bonds. The number of aromatic carboxylic acids is 1. The second kappa shape index (κ2) is 6.36. The number of amides is 2. The van der Waals surface area contributed by atoms with Crippen molar-refractivity contribution in [3.05, 3.63) is 45.4 Å². The fraction of sp³-hybridized carbons (Fsp3) is 0.0833. The van der Waals surface area contributed by atoms with E-state index in [2.05, 4.69) is 15.6 Å². The molecule has 0 atom stereocenters. The number of nitrogens with zero attached hydrogens (tertiary/aromatic N) is 1. The number of hydrogen-bond acceptors (Lipinski definition) is 4. The summed E-state index contributed by atoms with van der Waals surface area (Å²) in [6, 6.07) is 3.77. The Balaban J connectivity index is 1.94. The van der Waals surface area contributed by atoms with Crippen LogP contribution in [0, 0.1) is 0 Å². The highest BCUT2D eigenvalue weighted by Gasteiger charge is 2.10. The van der Waals surface area contributed by atoms with E-state index in [0.29, 0.717) is 12.2 Å². The van der Waals surface area contributed by atoms with Crippen molar-refractivity contribution in [1.82, 2.24) is 10.3 Å². The summed E-state index contributed by atoms with van der Waals surface area (Å²) < 4.78 is 0. The van der Waals surface area contributed by atoms with Gasteiger partial charge >= 0.3 is 12.0 Å². The van der Waals surface area contributed by atoms with Crippen molar-refractivity contribution in [3.8, 4) is 0 Å². The number of carboxylic acid groups (broad SMARTS) is 1. The van der Waals surface area contributed by atoms with Gasteiger partial charge < -0.3 is 15.7 Å². The van der Waals surface area contributed by atoms with Gasteiger partial charge in [-0.2, -0.15) is 0 Å². The van der Waals surface area contributed by atoms with Gasteiger partial charge in [0.05, 0.1) is 28.3 Å². The Morgan fingerprint density at radius 2 is 2.20 bits per heavy atom. The second-order valence-corrected chi connectivity index (χ2v) is 4.91. The summed E-state index contributed by atoms with van der Waals surface area (Å²) in [6.07, 6.45) is 0. The first-order valence-corrected chi connectivity index (χ1v) is 6.83. The smallest absolute Gasteiger partial charge is 0.337 e. The third-order valence-electron chi connectivity index (χ3n) is 2.37. The van der Waals surface area contributed by atoms with E-state index in [1.54, 1.807) is 5.51 Å². The van der Waals surface area contributed by atoms with E-state index in [1.807, 2.05) is 5.38 Å². The molecule has 6 nitrogen and oxygen atoms in total. The van der Waals surface area contributed by atoms with Gasteiger partial charge in [-0.25, -0.2) is 14.6 Å². The van der Waals surface area contributed by atoms with Gasteiger partial charge in [0.25, 0.3) is 0 Å². The Hall–Kier alpha value is -2.12. The third-order valence-corrected chi connectivity index (χ3v) is 3.32. The number of aromatic nitrogens is 1. The fourth-order valence-corrected chi connectivity index (χ4v) is 2.26. The van der Waals surface area contributed by atoms with Gasteiger partial charge in [0.2, 0.25) is 0 Å². The highest BCUT2D eigenvalue weighted by Crippen LogP contribution is 2.20. The van der Waals surface area contributed by atoms with Crippen LogP contribution in [0.15, 0.2) is 29.1 Å². The van der Waals surface area contributed by atoms with E-state index in [4.69, 9.17) is 16.7 Å². The topological polar surface area (TPSA) is 91.3 Å². The monoisotopic (exact) mass is 311 g/mol. The molecule has 0 saturated carbocycles. The zero-order valence-corrected chi connectivity index (χ0v) is 11.7. The van der Waals surface area contributed by atoms with Crippen LogP contribution in [-0.2, 0) is 6.54 Å². The van der Waals surface area contributed by atoms with Crippen molar-refractivity contribution in [2.24, 2.45) is 0 Å². The van der Waals surface area contributed by atoms with Gasteiger partial charge in [0.1, 0.15) is 0 Å². The molecule has 0 aliphatic carbocycles. The number of urea groups is 1. The molecule has 1 heterocycles. The molecule has 0 aliphatic rings. The molecule has 3 N–H and O–H groups in total. The number of hydrogen-bond donors (Lipinski definition) is 3. The number of carboxylic acids is 1. The molecule has 104 valence electrons. The normalized spacial score (nSPS) is 10.1. The molecule has 0 saturated heterocycles. The molecule has 0 fully saturated rings. The van der Waals surface area contributed by atoms with Crippen molar-refractivity contribution in [3.63, 3.8) is 0 Å². The number of thiazole rings is 1. The summed E-state index contributed by atoms with van der Waals surface area (Å²) in [7, 11) is 0.